The average molecular weight is 420 g/mol. The zero-order chi connectivity index (χ0) is 20.8. The number of carbonyl (C=O) groups excluding carboxylic acids is 2. The van der Waals surface area contributed by atoms with Gasteiger partial charge in [0, 0.05) is 12.6 Å². The second kappa shape index (κ2) is 9.87. The summed E-state index contributed by atoms with van der Waals surface area (Å²) in [5.74, 6) is -0.393. The highest BCUT2D eigenvalue weighted by molar-refractivity contribution is 8.00. The molecule has 2 N–H and O–H groups in total. The van der Waals surface area contributed by atoms with Crippen LogP contribution in [0, 0.1) is 5.82 Å². The van der Waals surface area contributed by atoms with Gasteiger partial charge in [0.15, 0.2) is 5.16 Å². The van der Waals surface area contributed by atoms with E-state index in [2.05, 4.69) is 20.8 Å². The lowest BCUT2D eigenvalue weighted by atomic mass is 10.2. The maximum Gasteiger partial charge on any atom is 0.233 e. The SMILES string of the molecule is CCn1c(CC(=O)Nc2ccccc2F)nnc1S[C@H](C)C(=O)NC1CCCC1. The van der Waals surface area contributed by atoms with E-state index in [-0.39, 0.29) is 35.2 Å². The number of para-hydroxylation sites is 1. The van der Waals surface area contributed by atoms with Gasteiger partial charge in [-0.25, -0.2) is 4.39 Å². The average Bonchev–Trinajstić information content (AvgIpc) is 3.33. The molecular formula is C20H26FN5O2S. The number of rotatable bonds is 8. The molecule has 1 heterocycles. The number of hydrogen-bond donors (Lipinski definition) is 2. The lowest BCUT2D eigenvalue weighted by Crippen LogP contribution is -2.37. The van der Waals surface area contributed by atoms with E-state index in [0.717, 1.165) is 25.7 Å². The largest absolute Gasteiger partial charge is 0.352 e. The van der Waals surface area contributed by atoms with Gasteiger partial charge < -0.3 is 15.2 Å². The number of halogens is 1. The van der Waals surface area contributed by atoms with Gasteiger partial charge in [0.25, 0.3) is 0 Å². The Morgan fingerprint density at radius 1 is 1.28 bits per heavy atom. The Labute approximate surface area is 173 Å². The van der Waals surface area contributed by atoms with Crippen LogP contribution in [0.4, 0.5) is 10.1 Å². The lowest BCUT2D eigenvalue weighted by molar-refractivity contribution is -0.121. The van der Waals surface area contributed by atoms with Crippen molar-refractivity contribution in [3.05, 3.63) is 35.9 Å². The van der Waals surface area contributed by atoms with E-state index in [9.17, 15) is 14.0 Å². The molecule has 1 aromatic heterocycles. The van der Waals surface area contributed by atoms with Crippen LogP contribution in [0.25, 0.3) is 0 Å². The standard InChI is InChI=1S/C20H26FN5O2S/c1-3-26-17(12-18(27)23-16-11-7-6-10-15(16)21)24-25-20(26)29-13(2)19(28)22-14-8-4-5-9-14/h6-7,10-11,13-14H,3-5,8-9,12H2,1-2H3,(H,22,28)(H,23,27)/t13-/m1/s1. The number of nitrogens with zero attached hydrogens (tertiary/aromatic N) is 3. The smallest absolute Gasteiger partial charge is 0.233 e. The van der Waals surface area contributed by atoms with E-state index in [4.69, 9.17) is 0 Å². The monoisotopic (exact) mass is 419 g/mol. The summed E-state index contributed by atoms with van der Waals surface area (Å²) in [6.45, 7) is 4.33. The third-order valence-corrected chi connectivity index (χ3v) is 6.01. The predicted octanol–water partition coefficient (Wildman–Crippen LogP) is 3.16. The van der Waals surface area contributed by atoms with E-state index >= 15 is 0 Å². The third-order valence-electron chi connectivity index (χ3n) is 4.93. The Morgan fingerprint density at radius 2 is 2.00 bits per heavy atom. The van der Waals surface area contributed by atoms with Gasteiger partial charge in [0.2, 0.25) is 11.8 Å². The van der Waals surface area contributed by atoms with Gasteiger partial charge in [-0.1, -0.05) is 36.7 Å². The van der Waals surface area contributed by atoms with Gasteiger partial charge >= 0.3 is 0 Å². The summed E-state index contributed by atoms with van der Waals surface area (Å²) in [6.07, 6.45) is 4.37. The van der Waals surface area contributed by atoms with Crippen molar-refractivity contribution in [1.29, 1.82) is 0 Å². The number of carbonyl (C=O) groups is 2. The van der Waals surface area contributed by atoms with Gasteiger partial charge in [-0.2, -0.15) is 0 Å². The van der Waals surface area contributed by atoms with Gasteiger partial charge in [-0.05, 0) is 38.8 Å². The van der Waals surface area contributed by atoms with Crippen LogP contribution in [0.3, 0.4) is 0 Å². The predicted molar refractivity (Wildman–Crippen MR) is 110 cm³/mol. The molecule has 2 aromatic rings. The molecule has 0 spiro atoms. The number of aromatic nitrogens is 3. The van der Waals surface area contributed by atoms with Gasteiger partial charge in [-0.15, -0.1) is 10.2 Å². The number of benzene rings is 1. The topological polar surface area (TPSA) is 88.9 Å². The first-order valence-electron chi connectivity index (χ1n) is 9.91. The highest BCUT2D eigenvalue weighted by atomic mass is 32.2. The van der Waals surface area contributed by atoms with Crippen molar-refractivity contribution in [2.24, 2.45) is 0 Å². The van der Waals surface area contributed by atoms with Crippen LogP contribution in [-0.4, -0.2) is 37.9 Å². The van der Waals surface area contributed by atoms with Crippen molar-refractivity contribution in [3.8, 4) is 0 Å². The molecule has 0 unspecified atom stereocenters. The molecular weight excluding hydrogens is 393 g/mol. The molecule has 1 atom stereocenters. The van der Waals surface area contributed by atoms with E-state index in [0.29, 0.717) is 17.5 Å². The molecule has 0 saturated heterocycles. The number of thioether (sulfide) groups is 1. The second-order valence-electron chi connectivity index (χ2n) is 7.10. The molecule has 7 nitrogen and oxygen atoms in total. The van der Waals surface area contributed by atoms with E-state index < -0.39 is 5.82 Å². The molecule has 3 rings (SSSR count). The molecule has 1 aliphatic carbocycles. The summed E-state index contributed by atoms with van der Waals surface area (Å²) in [7, 11) is 0. The third kappa shape index (κ3) is 5.56. The van der Waals surface area contributed by atoms with Crippen molar-refractivity contribution < 1.29 is 14.0 Å². The fraction of sp³-hybridized carbons (Fsp3) is 0.500. The Morgan fingerprint density at radius 3 is 2.69 bits per heavy atom. The fourth-order valence-corrected chi connectivity index (χ4v) is 4.30. The molecule has 0 bridgehead atoms. The highest BCUT2D eigenvalue weighted by Gasteiger charge is 2.24. The Kier molecular flexibility index (Phi) is 7.24. The first-order valence-corrected chi connectivity index (χ1v) is 10.8. The van der Waals surface area contributed by atoms with Gasteiger partial charge in [0.05, 0.1) is 17.4 Å². The van der Waals surface area contributed by atoms with E-state index in [1.807, 2.05) is 18.4 Å². The van der Waals surface area contributed by atoms with Crippen molar-refractivity contribution in [1.82, 2.24) is 20.1 Å². The maximum atomic E-state index is 13.7. The summed E-state index contributed by atoms with van der Waals surface area (Å²) in [6, 6.07) is 6.28. The minimum absolute atomic E-state index is 0.00796. The van der Waals surface area contributed by atoms with Crippen molar-refractivity contribution >= 4 is 29.3 Å². The van der Waals surface area contributed by atoms with Crippen LogP contribution in [0.2, 0.25) is 0 Å². The summed E-state index contributed by atoms with van der Waals surface area (Å²) in [5, 5.41) is 14.2. The molecule has 1 aliphatic rings. The zero-order valence-electron chi connectivity index (χ0n) is 16.7. The number of hydrogen-bond acceptors (Lipinski definition) is 5. The van der Waals surface area contributed by atoms with Crippen molar-refractivity contribution in [3.63, 3.8) is 0 Å². The van der Waals surface area contributed by atoms with E-state index in [1.165, 1.54) is 23.9 Å². The van der Waals surface area contributed by atoms with Crippen molar-refractivity contribution in [2.75, 3.05) is 5.32 Å². The Balaban J connectivity index is 1.61. The fourth-order valence-electron chi connectivity index (χ4n) is 3.36. The second-order valence-corrected chi connectivity index (χ2v) is 8.41. The molecule has 1 saturated carbocycles. The minimum atomic E-state index is -0.490. The molecule has 29 heavy (non-hydrogen) atoms. The molecule has 0 radical (unpaired) electrons. The highest BCUT2D eigenvalue weighted by Crippen LogP contribution is 2.24. The van der Waals surface area contributed by atoms with Crippen LogP contribution >= 0.6 is 11.8 Å². The first kappa shape index (κ1) is 21.3. The van der Waals surface area contributed by atoms with Crippen LogP contribution in [0.1, 0.15) is 45.4 Å². The summed E-state index contributed by atoms with van der Waals surface area (Å²) in [5.41, 5.74) is 0.131. The van der Waals surface area contributed by atoms with Crippen LogP contribution in [0.5, 0.6) is 0 Å². The number of nitrogens with one attached hydrogen (secondary N) is 2. The molecule has 1 aromatic carbocycles. The molecule has 156 valence electrons. The first-order chi connectivity index (χ1) is 14.0. The van der Waals surface area contributed by atoms with Crippen LogP contribution < -0.4 is 10.6 Å². The summed E-state index contributed by atoms with van der Waals surface area (Å²) in [4.78, 5) is 24.7. The number of anilines is 1. The van der Waals surface area contributed by atoms with E-state index in [1.54, 1.807) is 12.1 Å². The maximum absolute atomic E-state index is 13.7. The number of amides is 2. The summed E-state index contributed by atoms with van der Waals surface area (Å²) < 4.78 is 15.5. The van der Waals surface area contributed by atoms with Crippen LogP contribution in [0.15, 0.2) is 29.4 Å². The lowest BCUT2D eigenvalue weighted by Gasteiger charge is -2.16. The summed E-state index contributed by atoms with van der Waals surface area (Å²) >= 11 is 1.33. The van der Waals surface area contributed by atoms with Crippen molar-refractivity contribution in [2.45, 2.75) is 68.9 Å². The molecule has 1 fully saturated rings. The van der Waals surface area contributed by atoms with Crippen LogP contribution in [-0.2, 0) is 22.6 Å². The Bertz CT molecular complexity index is 866. The minimum Gasteiger partial charge on any atom is -0.352 e. The zero-order valence-corrected chi connectivity index (χ0v) is 17.5. The Hall–Kier alpha value is -2.42. The van der Waals surface area contributed by atoms with Gasteiger partial charge in [0.1, 0.15) is 11.6 Å². The normalized spacial score (nSPS) is 15.3. The quantitative estimate of drug-likeness (QED) is 0.642. The molecule has 2 amide bonds. The van der Waals surface area contributed by atoms with Gasteiger partial charge in [-0.3, -0.25) is 9.59 Å². The molecule has 0 aliphatic heterocycles. The molecule has 9 heteroatoms.